The number of anilines is 1. The number of nitrogens with one attached hydrogen (secondary N) is 1. The fourth-order valence-corrected chi connectivity index (χ4v) is 4.15. The Bertz CT molecular complexity index is 1040. The first-order chi connectivity index (χ1) is 16.2. The molecular formula is C25H30N4O4. The van der Waals surface area contributed by atoms with Gasteiger partial charge in [-0.2, -0.15) is 5.10 Å². The molecule has 0 unspecified atom stereocenters. The lowest BCUT2D eigenvalue weighted by molar-refractivity contribution is 0.102. The van der Waals surface area contributed by atoms with Gasteiger partial charge in [0, 0.05) is 25.7 Å². The zero-order valence-corrected chi connectivity index (χ0v) is 18.8. The summed E-state index contributed by atoms with van der Waals surface area (Å²) in [5.74, 6) is 1.80. The molecule has 0 saturated carbocycles. The van der Waals surface area contributed by atoms with Gasteiger partial charge in [0.05, 0.1) is 31.5 Å². The number of methoxy groups -OCH3 is 1. The number of piperidine rings is 1. The van der Waals surface area contributed by atoms with Gasteiger partial charge in [-0.3, -0.25) is 9.69 Å². The van der Waals surface area contributed by atoms with Crippen molar-refractivity contribution in [3.8, 4) is 11.5 Å². The highest BCUT2D eigenvalue weighted by Crippen LogP contribution is 2.27. The average molecular weight is 451 g/mol. The molecule has 2 heterocycles. The van der Waals surface area contributed by atoms with Crippen LogP contribution in [0.1, 0.15) is 34.8 Å². The van der Waals surface area contributed by atoms with Crippen molar-refractivity contribution in [3.05, 3.63) is 71.9 Å². The van der Waals surface area contributed by atoms with E-state index in [4.69, 9.17) is 14.6 Å². The number of carbonyl (C=O) groups excluding carboxylic acids is 1. The van der Waals surface area contributed by atoms with E-state index in [2.05, 4.69) is 27.4 Å². The third kappa shape index (κ3) is 5.71. The van der Waals surface area contributed by atoms with Gasteiger partial charge in [-0.25, -0.2) is 4.68 Å². The Hall–Kier alpha value is -3.36. The Morgan fingerprint density at radius 3 is 2.61 bits per heavy atom. The van der Waals surface area contributed by atoms with E-state index >= 15 is 0 Å². The van der Waals surface area contributed by atoms with Gasteiger partial charge >= 0.3 is 0 Å². The Morgan fingerprint density at radius 2 is 1.88 bits per heavy atom. The number of aliphatic hydroxyl groups excluding tert-OH is 1. The van der Waals surface area contributed by atoms with Crippen LogP contribution in [0.5, 0.6) is 11.5 Å². The molecule has 0 aliphatic carbocycles. The van der Waals surface area contributed by atoms with E-state index in [1.165, 1.54) is 5.56 Å². The number of aliphatic hydroxyl groups is 1. The van der Waals surface area contributed by atoms with Crippen molar-refractivity contribution >= 4 is 11.7 Å². The molecule has 0 spiro atoms. The Morgan fingerprint density at radius 1 is 1.12 bits per heavy atom. The van der Waals surface area contributed by atoms with Crippen LogP contribution in [0.15, 0.2) is 60.8 Å². The van der Waals surface area contributed by atoms with Crippen LogP contribution in [0.4, 0.5) is 5.82 Å². The van der Waals surface area contributed by atoms with Crippen molar-refractivity contribution < 1.29 is 19.4 Å². The number of rotatable bonds is 9. The summed E-state index contributed by atoms with van der Waals surface area (Å²) in [6.07, 6.45) is 3.64. The molecule has 8 heteroatoms. The molecule has 4 rings (SSSR count). The number of ether oxygens (including phenoxy) is 2. The molecule has 8 nitrogen and oxygen atoms in total. The van der Waals surface area contributed by atoms with Gasteiger partial charge in [-0.05, 0) is 42.7 Å². The highest BCUT2D eigenvalue weighted by atomic mass is 16.5. The fraction of sp³-hybridized carbons (Fsp3) is 0.360. The second kappa shape index (κ2) is 11.0. The molecule has 1 aliphatic rings. The number of nitrogens with zero attached hydrogens (tertiary/aromatic N) is 3. The number of aromatic nitrogens is 2. The fourth-order valence-electron chi connectivity index (χ4n) is 4.15. The van der Waals surface area contributed by atoms with Crippen molar-refractivity contribution in [2.45, 2.75) is 25.4 Å². The van der Waals surface area contributed by atoms with Gasteiger partial charge in [0.25, 0.3) is 5.91 Å². The molecule has 0 radical (unpaired) electrons. The van der Waals surface area contributed by atoms with E-state index in [0.29, 0.717) is 23.7 Å². The van der Waals surface area contributed by atoms with Gasteiger partial charge < -0.3 is 19.9 Å². The maximum Gasteiger partial charge on any atom is 0.260 e. The number of hydrogen-bond acceptors (Lipinski definition) is 6. The summed E-state index contributed by atoms with van der Waals surface area (Å²) < 4.78 is 12.7. The lowest BCUT2D eigenvalue weighted by Crippen LogP contribution is -2.35. The third-order valence-corrected chi connectivity index (χ3v) is 5.86. The molecule has 2 aromatic carbocycles. The summed E-state index contributed by atoms with van der Waals surface area (Å²) in [4.78, 5) is 15.2. The summed E-state index contributed by atoms with van der Waals surface area (Å²) in [7, 11) is 1.56. The van der Waals surface area contributed by atoms with Crippen LogP contribution in [0.3, 0.4) is 0 Å². The summed E-state index contributed by atoms with van der Waals surface area (Å²) in [5.41, 5.74) is 1.73. The number of amides is 1. The molecule has 1 aromatic heterocycles. The van der Waals surface area contributed by atoms with Crippen LogP contribution in [-0.4, -0.2) is 59.1 Å². The van der Waals surface area contributed by atoms with E-state index in [1.54, 1.807) is 25.4 Å². The number of carbonyl (C=O) groups is 1. The van der Waals surface area contributed by atoms with E-state index in [0.717, 1.165) is 38.2 Å². The van der Waals surface area contributed by atoms with Crippen molar-refractivity contribution in [2.24, 2.45) is 0 Å². The first kappa shape index (κ1) is 22.8. The van der Waals surface area contributed by atoms with E-state index in [9.17, 15) is 4.79 Å². The summed E-state index contributed by atoms with van der Waals surface area (Å²) in [6, 6.07) is 17.3. The normalized spacial score (nSPS) is 14.7. The quantitative estimate of drug-likeness (QED) is 0.520. The van der Waals surface area contributed by atoms with Crippen LogP contribution in [0, 0.1) is 0 Å². The van der Waals surface area contributed by atoms with Gasteiger partial charge in [-0.15, -0.1) is 0 Å². The standard InChI is InChI=1S/C25H30N4O4/c1-32-23-5-3-2-4-22(23)25(31)27-24-10-13-26-29(24)20-11-14-28(15-12-20)18-19-6-8-21(9-7-19)33-17-16-30/h2-10,13,20,30H,11-12,14-18H2,1H3,(H,27,31). The Balaban J connectivity index is 1.32. The molecule has 3 aromatic rings. The predicted molar refractivity (Wildman–Crippen MR) is 126 cm³/mol. The summed E-state index contributed by atoms with van der Waals surface area (Å²) >= 11 is 0. The van der Waals surface area contributed by atoms with Crippen LogP contribution in [0.25, 0.3) is 0 Å². The molecule has 1 aliphatic heterocycles. The van der Waals surface area contributed by atoms with Crippen molar-refractivity contribution in [1.29, 1.82) is 0 Å². The SMILES string of the molecule is COc1ccccc1C(=O)Nc1ccnn1C1CCN(Cc2ccc(OCCO)cc2)CC1. The second-order valence-corrected chi connectivity index (χ2v) is 8.04. The van der Waals surface area contributed by atoms with Crippen molar-refractivity contribution in [3.63, 3.8) is 0 Å². The van der Waals surface area contributed by atoms with Gasteiger partial charge in [-0.1, -0.05) is 24.3 Å². The maximum atomic E-state index is 12.8. The first-order valence-corrected chi connectivity index (χ1v) is 11.2. The monoisotopic (exact) mass is 450 g/mol. The predicted octanol–water partition coefficient (Wildman–Crippen LogP) is 3.35. The Labute approximate surface area is 193 Å². The minimum absolute atomic E-state index is 0.0127. The van der Waals surface area contributed by atoms with Crippen LogP contribution in [0.2, 0.25) is 0 Å². The highest BCUT2D eigenvalue weighted by molar-refractivity contribution is 6.05. The van der Waals surface area contributed by atoms with Crippen LogP contribution in [-0.2, 0) is 6.54 Å². The lowest BCUT2D eigenvalue weighted by atomic mass is 10.0. The minimum Gasteiger partial charge on any atom is -0.496 e. The molecule has 2 N–H and O–H groups in total. The number of hydrogen-bond donors (Lipinski definition) is 2. The van der Waals surface area contributed by atoms with E-state index in [-0.39, 0.29) is 18.6 Å². The number of para-hydroxylation sites is 1. The lowest BCUT2D eigenvalue weighted by Gasteiger charge is -2.32. The van der Waals surface area contributed by atoms with Gasteiger partial charge in [0.15, 0.2) is 0 Å². The smallest absolute Gasteiger partial charge is 0.260 e. The minimum atomic E-state index is -0.210. The van der Waals surface area contributed by atoms with E-state index in [1.807, 2.05) is 35.0 Å². The number of benzene rings is 2. The maximum absolute atomic E-state index is 12.8. The van der Waals surface area contributed by atoms with E-state index < -0.39 is 0 Å². The molecule has 33 heavy (non-hydrogen) atoms. The van der Waals surface area contributed by atoms with Crippen LogP contribution >= 0.6 is 0 Å². The topological polar surface area (TPSA) is 88.9 Å². The van der Waals surface area contributed by atoms with Crippen LogP contribution < -0.4 is 14.8 Å². The summed E-state index contributed by atoms with van der Waals surface area (Å²) in [5, 5.41) is 16.3. The molecule has 174 valence electrons. The second-order valence-electron chi connectivity index (χ2n) is 8.04. The molecule has 1 fully saturated rings. The Kier molecular flexibility index (Phi) is 7.59. The molecule has 0 bridgehead atoms. The van der Waals surface area contributed by atoms with Crippen molar-refractivity contribution in [2.75, 3.05) is 38.7 Å². The van der Waals surface area contributed by atoms with Gasteiger partial charge in [0.2, 0.25) is 0 Å². The molecule has 0 atom stereocenters. The largest absolute Gasteiger partial charge is 0.496 e. The molecule has 1 amide bonds. The third-order valence-electron chi connectivity index (χ3n) is 5.86. The molecule has 1 saturated heterocycles. The first-order valence-electron chi connectivity index (χ1n) is 11.2. The highest BCUT2D eigenvalue weighted by Gasteiger charge is 2.24. The van der Waals surface area contributed by atoms with Gasteiger partial charge in [0.1, 0.15) is 23.9 Å². The average Bonchev–Trinajstić information content (AvgIpc) is 3.32. The molecular weight excluding hydrogens is 420 g/mol. The zero-order valence-electron chi connectivity index (χ0n) is 18.8. The zero-order chi connectivity index (χ0) is 23.0. The summed E-state index contributed by atoms with van der Waals surface area (Å²) in [6.45, 7) is 3.10. The number of likely N-dealkylation sites (tertiary alicyclic amines) is 1. The van der Waals surface area contributed by atoms with Crippen molar-refractivity contribution in [1.82, 2.24) is 14.7 Å².